The summed E-state index contributed by atoms with van der Waals surface area (Å²) in [5.74, 6) is -2.27. The Hall–Kier alpha value is -5.67. The van der Waals surface area contributed by atoms with E-state index in [2.05, 4.69) is 51.5 Å². The van der Waals surface area contributed by atoms with Gasteiger partial charge in [-0.05, 0) is 101 Å². The topological polar surface area (TPSA) is 126 Å². The van der Waals surface area contributed by atoms with E-state index < -0.39 is 11.9 Å². The third-order valence-electron chi connectivity index (χ3n) is 7.19. The summed E-state index contributed by atoms with van der Waals surface area (Å²) in [5, 5.41) is 23.3. The molecule has 5 aromatic heterocycles. The van der Waals surface area contributed by atoms with Crippen LogP contribution in [0, 0.1) is 6.92 Å². The minimum Gasteiger partial charge on any atom is -0.478 e. The van der Waals surface area contributed by atoms with Crippen LogP contribution in [-0.4, -0.2) is 37.1 Å². The van der Waals surface area contributed by atoms with Gasteiger partial charge in [-0.25, -0.2) is 14.6 Å². The molecule has 0 fully saturated rings. The van der Waals surface area contributed by atoms with Crippen LogP contribution in [0.3, 0.4) is 0 Å². The molecule has 0 atom stereocenters. The molecule has 43 heavy (non-hydrogen) atoms. The van der Waals surface area contributed by atoms with E-state index in [1.54, 1.807) is 17.5 Å². The maximum atomic E-state index is 12.0. The molecule has 0 saturated heterocycles. The molecule has 0 saturated carbocycles. The SMILES string of the molecule is Cc1csc(-c2ccc3c(c2)oc2cc(-c4ccnc(-c5cc(C(=O)O)cc(-c6cc(C(=O)O)ccn6)n5)c4)ccc23)c1. The van der Waals surface area contributed by atoms with Crippen LogP contribution in [0.25, 0.3) is 66.3 Å². The zero-order chi connectivity index (χ0) is 29.7. The molecule has 0 aliphatic carbocycles. The number of hydrogen-bond acceptors (Lipinski definition) is 7. The number of carbonyl (C=O) groups is 2. The van der Waals surface area contributed by atoms with Gasteiger partial charge in [-0.2, -0.15) is 0 Å². The quantitative estimate of drug-likeness (QED) is 0.201. The molecule has 208 valence electrons. The Kier molecular flexibility index (Phi) is 6.29. The largest absolute Gasteiger partial charge is 0.478 e. The molecule has 7 aromatic rings. The molecule has 9 heteroatoms. The Balaban J connectivity index is 1.28. The molecule has 2 N–H and O–H groups in total. The fourth-order valence-electron chi connectivity index (χ4n) is 5.06. The van der Waals surface area contributed by atoms with Crippen molar-refractivity contribution in [3.63, 3.8) is 0 Å². The van der Waals surface area contributed by atoms with E-state index in [-0.39, 0.29) is 22.5 Å². The van der Waals surface area contributed by atoms with Crippen LogP contribution < -0.4 is 0 Å². The van der Waals surface area contributed by atoms with Crippen molar-refractivity contribution < 1.29 is 24.2 Å². The van der Waals surface area contributed by atoms with Crippen LogP contribution in [0.1, 0.15) is 26.3 Å². The fraction of sp³-hybridized carbons (Fsp3) is 0.0294. The molecule has 2 aromatic carbocycles. The zero-order valence-electron chi connectivity index (χ0n) is 22.6. The van der Waals surface area contributed by atoms with Crippen LogP contribution in [0.5, 0.6) is 0 Å². The van der Waals surface area contributed by atoms with Crippen molar-refractivity contribution >= 4 is 45.2 Å². The number of carboxylic acids is 2. The van der Waals surface area contributed by atoms with Gasteiger partial charge in [0.05, 0.1) is 33.9 Å². The van der Waals surface area contributed by atoms with Crippen LogP contribution in [-0.2, 0) is 0 Å². The van der Waals surface area contributed by atoms with Crippen molar-refractivity contribution in [3.05, 3.63) is 113 Å². The van der Waals surface area contributed by atoms with Gasteiger partial charge in [0.2, 0.25) is 0 Å². The van der Waals surface area contributed by atoms with E-state index in [1.165, 1.54) is 40.9 Å². The van der Waals surface area contributed by atoms with Crippen LogP contribution in [0.2, 0.25) is 0 Å². The number of aryl methyl sites for hydroxylation is 1. The number of carboxylic acid groups (broad SMARTS) is 2. The normalized spacial score (nSPS) is 11.3. The Morgan fingerprint density at radius 1 is 0.651 bits per heavy atom. The molecule has 0 radical (unpaired) electrons. The number of hydrogen-bond donors (Lipinski definition) is 2. The summed E-state index contributed by atoms with van der Waals surface area (Å²) >= 11 is 1.71. The number of rotatable bonds is 6. The van der Waals surface area contributed by atoms with E-state index in [9.17, 15) is 19.8 Å². The van der Waals surface area contributed by atoms with Crippen LogP contribution in [0.4, 0.5) is 0 Å². The average molecular weight is 584 g/mol. The van der Waals surface area contributed by atoms with Crippen molar-refractivity contribution in [3.8, 4) is 44.3 Å². The summed E-state index contributed by atoms with van der Waals surface area (Å²) in [5.41, 5.74) is 6.91. The number of furan rings is 1. The fourth-order valence-corrected chi connectivity index (χ4v) is 5.96. The first kappa shape index (κ1) is 26.2. The molecular weight excluding hydrogens is 562 g/mol. The van der Waals surface area contributed by atoms with Gasteiger partial charge in [0.1, 0.15) is 11.2 Å². The van der Waals surface area contributed by atoms with E-state index in [0.29, 0.717) is 11.4 Å². The predicted octanol–water partition coefficient (Wildman–Crippen LogP) is 8.21. The second-order valence-electron chi connectivity index (χ2n) is 10.1. The summed E-state index contributed by atoms with van der Waals surface area (Å²) in [6.45, 7) is 2.08. The maximum Gasteiger partial charge on any atom is 0.335 e. The first-order valence-corrected chi connectivity index (χ1v) is 14.1. The summed E-state index contributed by atoms with van der Waals surface area (Å²) in [4.78, 5) is 37.9. The third kappa shape index (κ3) is 4.92. The average Bonchev–Trinajstić information content (AvgIpc) is 3.63. The predicted molar refractivity (Wildman–Crippen MR) is 165 cm³/mol. The highest BCUT2D eigenvalue weighted by Gasteiger charge is 2.16. The molecule has 0 aliphatic rings. The lowest BCUT2D eigenvalue weighted by Crippen LogP contribution is -2.02. The van der Waals surface area contributed by atoms with Gasteiger partial charge in [0.15, 0.2) is 0 Å². The Morgan fingerprint density at radius 2 is 1.23 bits per heavy atom. The van der Waals surface area contributed by atoms with Crippen molar-refractivity contribution in [2.75, 3.05) is 0 Å². The van der Waals surface area contributed by atoms with Gasteiger partial charge in [-0.15, -0.1) is 11.3 Å². The van der Waals surface area contributed by atoms with Crippen LogP contribution >= 0.6 is 11.3 Å². The van der Waals surface area contributed by atoms with Gasteiger partial charge in [0, 0.05) is 28.0 Å². The number of benzene rings is 2. The second kappa shape index (κ2) is 10.3. The number of fused-ring (bicyclic) bond motifs is 3. The van der Waals surface area contributed by atoms with Crippen LogP contribution in [0.15, 0.2) is 101 Å². The lowest BCUT2D eigenvalue weighted by atomic mass is 10.0. The lowest BCUT2D eigenvalue weighted by molar-refractivity contribution is 0.0686. The standard InChI is InChI=1S/C34H21N3O5S/c1-18-10-32(43-17-18)21-3-5-25-24-4-2-19(15-30(24)42-31(25)16-21)20-6-8-35-26(11-20)28-13-23(34(40)41)14-29(37-28)27-12-22(33(38)39)7-9-36-27/h2-17H,1H3,(H,38,39)(H,40,41). The Labute approximate surface area is 248 Å². The summed E-state index contributed by atoms with van der Waals surface area (Å²) in [7, 11) is 0. The smallest absolute Gasteiger partial charge is 0.335 e. The van der Waals surface area contributed by atoms with Gasteiger partial charge < -0.3 is 14.6 Å². The minimum absolute atomic E-state index is 0.0181. The summed E-state index contributed by atoms with van der Waals surface area (Å²) < 4.78 is 6.29. The number of nitrogens with zero attached hydrogens (tertiary/aromatic N) is 3. The Morgan fingerprint density at radius 3 is 1.88 bits per heavy atom. The van der Waals surface area contributed by atoms with Gasteiger partial charge in [-0.3, -0.25) is 9.97 Å². The lowest BCUT2D eigenvalue weighted by Gasteiger charge is -2.09. The van der Waals surface area contributed by atoms with Crippen molar-refractivity contribution in [2.24, 2.45) is 0 Å². The van der Waals surface area contributed by atoms with E-state index in [4.69, 9.17) is 4.42 Å². The van der Waals surface area contributed by atoms with E-state index in [1.807, 2.05) is 30.3 Å². The van der Waals surface area contributed by atoms with Gasteiger partial charge >= 0.3 is 11.9 Å². The van der Waals surface area contributed by atoms with E-state index in [0.717, 1.165) is 38.6 Å². The molecule has 0 amide bonds. The van der Waals surface area contributed by atoms with E-state index >= 15 is 0 Å². The first-order chi connectivity index (χ1) is 20.8. The Bertz CT molecular complexity index is 2230. The summed E-state index contributed by atoms with van der Waals surface area (Å²) in [6, 6.07) is 23.7. The number of aromatic carboxylic acids is 2. The highest BCUT2D eigenvalue weighted by molar-refractivity contribution is 7.13. The van der Waals surface area contributed by atoms with Crippen molar-refractivity contribution in [2.45, 2.75) is 6.92 Å². The molecule has 0 spiro atoms. The molecule has 7 rings (SSSR count). The minimum atomic E-state index is -1.15. The third-order valence-corrected chi connectivity index (χ3v) is 8.28. The molecule has 0 bridgehead atoms. The maximum absolute atomic E-state index is 12.0. The number of pyridine rings is 3. The molecule has 0 aliphatic heterocycles. The van der Waals surface area contributed by atoms with Gasteiger partial charge in [0.25, 0.3) is 0 Å². The molecular formula is C34H21N3O5S. The molecule has 0 unspecified atom stereocenters. The number of aromatic nitrogens is 3. The van der Waals surface area contributed by atoms with Crippen molar-refractivity contribution in [1.82, 2.24) is 15.0 Å². The molecule has 8 nitrogen and oxygen atoms in total. The molecule has 5 heterocycles. The highest BCUT2D eigenvalue weighted by atomic mass is 32.1. The van der Waals surface area contributed by atoms with Crippen molar-refractivity contribution in [1.29, 1.82) is 0 Å². The van der Waals surface area contributed by atoms with Gasteiger partial charge in [-0.1, -0.05) is 12.1 Å². The zero-order valence-corrected chi connectivity index (χ0v) is 23.4. The second-order valence-corrected chi connectivity index (χ2v) is 11.0. The monoisotopic (exact) mass is 583 g/mol. The number of thiophene rings is 1. The summed E-state index contributed by atoms with van der Waals surface area (Å²) in [6.07, 6.45) is 2.99. The first-order valence-electron chi connectivity index (χ1n) is 13.3. The highest BCUT2D eigenvalue weighted by Crippen LogP contribution is 2.36.